The second kappa shape index (κ2) is 6.86. The molecule has 2 aliphatic heterocycles. The van der Waals surface area contributed by atoms with E-state index in [4.69, 9.17) is 4.74 Å². The summed E-state index contributed by atoms with van der Waals surface area (Å²) in [6.45, 7) is 9.27. The van der Waals surface area contributed by atoms with Crippen molar-refractivity contribution in [1.29, 1.82) is 0 Å². The van der Waals surface area contributed by atoms with Crippen molar-refractivity contribution < 1.29 is 9.53 Å². The van der Waals surface area contributed by atoms with E-state index in [1.165, 1.54) is 11.3 Å². The highest BCUT2D eigenvalue weighted by Crippen LogP contribution is 2.52. The molecule has 4 nitrogen and oxygen atoms in total. The summed E-state index contributed by atoms with van der Waals surface area (Å²) < 4.78 is 5.80. The van der Waals surface area contributed by atoms with Gasteiger partial charge in [0.1, 0.15) is 18.0 Å². The number of benzene rings is 2. The molecule has 2 heterocycles. The lowest BCUT2D eigenvalue weighted by molar-refractivity contribution is -0.124. The van der Waals surface area contributed by atoms with E-state index in [1.807, 2.05) is 24.3 Å². The highest BCUT2D eigenvalue weighted by molar-refractivity contribution is 5.84. The summed E-state index contributed by atoms with van der Waals surface area (Å²) >= 11 is 0. The van der Waals surface area contributed by atoms with Crippen LogP contribution in [0.5, 0.6) is 5.75 Å². The zero-order valence-electron chi connectivity index (χ0n) is 16.4. The zero-order chi connectivity index (χ0) is 19.8. The van der Waals surface area contributed by atoms with Crippen LogP contribution in [0.3, 0.4) is 0 Å². The first-order valence-electron chi connectivity index (χ1n) is 9.70. The number of amides is 1. The fourth-order valence-corrected chi connectivity index (χ4v) is 4.43. The monoisotopic (exact) mass is 374 g/mol. The molecule has 28 heavy (non-hydrogen) atoms. The van der Waals surface area contributed by atoms with E-state index >= 15 is 0 Å². The van der Waals surface area contributed by atoms with Crippen LogP contribution in [0.1, 0.15) is 31.4 Å². The Hall–Kier alpha value is -3.01. The molecule has 2 aromatic rings. The molecule has 1 fully saturated rings. The number of nitrogens with zero attached hydrogens (tertiary/aromatic N) is 1. The largest absolute Gasteiger partial charge is 0.489 e. The van der Waals surface area contributed by atoms with Crippen LogP contribution in [0.25, 0.3) is 6.08 Å². The number of rotatable bonds is 5. The lowest BCUT2D eigenvalue weighted by atomic mass is 9.74. The first-order chi connectivity index (χ1) is 13.5. The Morgan fingerprint density at radius 3 is 2.75 bits per heavy atom. The van der Waals surface area contributed by atoms with Crippen LogP contribution in [-0.4, -0.2) is 24.7 Å². The van der Waals surface area contributed by atoms with Crippen LogP contribution in [-0.2, 0) is 10.2 Å². The average molecular weight is 374 g/mol. The van der Waals surface area contributed by atoms with Gasteiger partial charge in [0.25, 0.3) is 0 Å². The quantitative estimate of drug-likeness (QED) is 0.795. The number of anilines is 1. The molecule has 4 heteroatoms. The summed E-state index contributed by atoms with van der Waals surface area (Å²) in [7, 11) is 0. The van der Waals surface area contributed by atoms with Crippen LogP contribution in [0.15, 0.2) is 67.3 Å². The minimum absolute atomic E-state index is 0.0815. The predicted molar refractivity (Wildman–Crippen MR) is 113 cm³/mol. The van der Waals surface area contributed by atoms with E-state index in [-0.39, 0.29) is 11.3 Å². The molecule has 0 bridgehead atoms. The second-order valence-corrected chi connectivity index (χ2v) is 7.83. The standard InChI is InChI=1S/C24H26N2O2/c1-4-17-28-21-12-8-5-9-18(21)13-15-24-23(2,3)19-10-6-7-11-20(19)26(24)16-14-22(27)25-24/h4-13,15H,1,14,16-17H2,2-3H3,(H,25,27)/t24-/m0/s1. The molecule has 1 N–H and O–H groups in total. The second-order valence-electron chi connectivity index (χ2n) is 7.83. The summed E-state index contributed by atoms with van der Waals surface area (Å²) in [6.07, 6.45) is 6.42. The first-order valence-corrected chi connectivity index (χ1v) is 9.70. The molecule has 2 aromatic carbocycles. The average Bonchev–Trinajstić information content (AvgIpc) is 2.89. The summed E-state index contributed by atoms with van der Waals surface area (Å²) in [4.78, 5) is 14.8. The smallest absolute Gasteiger partial charge is 0.223 e. The van der Waals surface area contributed by atoms with Gasteiger partial charge in [-0.2, -0.15) is 0 Å². The van der Waals surface area contributed by atoms with E-state index in [1.54, 1.807) is 6.08 Å². The molecule has 0 radical (unpaired) electrons. The van der Waals surface area contributed by atoms with Gasteiger partial charge in [0.05, 0.1) is 0 Å². The molecule has 4 rings (SSSR count). The van der Waals surface area contributed by atoms with Gasteiger partial charge in [-0.25, -0.2) is 0 Å². The molecule has 144 valence electrons. The summed E-state index contributed by atoms with van der Waals surface area (Å²) in [5.41, 5.74) is 2.52. The molecular weight excluding hydrogens is 348 g/mol. The topological polar surface area (TPSA) is 41.6 Å². The van der Waals surface area contributed by atoms with Gasteiger partial charge >= 0.3 is 0 Å². The molecule has 0 aliphatic carbocycles. The minimum atomic E-state index is -0.614. The zero-order valence-corrected chi connectivity index (χ0v) is 16.4. The van der Waals surface area contributed by atoms with Gasteiger partial charge < -0.3 is 15.0 Å². The van der Waals surface area contributed by atoms with Crippen molar-refractivity contribution in [3.63, 3.8) is 0 Å². The maximum Gasteiger partial charge on any atom is 0.223 e. The summed E-state index contributed by atoms with van der Waals surface area (Å²) in [5.74, 6) is 0.884. The number of carbonyl (C=O) groups is 1. The van der Waals surface area contributed by atoms with Crippen LogP contribution in [0.2, 0.25) is 0 Å². The Kier molecular flexibility index (Phi) is 4.50. The molecule has 1 saturated heterocycles. The summed E-state index contributed by atoms with van der Waals surface area (Å²) in [6, 6.07) is 16.4. The number of para-hydroxylation sites is 2. The Balaban J connectivity index is 1.79. The molecule has 0 spiro atoms. The van der Waals surface area contributed by atoms with Crippen LogP contribution < -0.4 is 15.0 Å². The van der Waals surface area contributed by atoms with E-state index in [0.717, 1.165) is 11.3 Å². The van der Waals surface area contributed by atoms with Crippen molar-refractivity contribution >= 4 is 17.7 Å². The maximum absolute atomic E-state index is 12.5. The van der Waals surface area contributed by atoms with Crippen LogP contribution in [0.4, 0.5) is 5.69 Å². The number of hydrogen-bond donors (Lipinski definition) is 1. The predicted octanol–water partition coefficient (Wildman–Crippen LogP) is 4.28. The van der Waals surface area contributed by atoms with Crippen molar-refractivity contribution in [3.05, 3.63) is 78.4 Å². The van der Waals surface area contributed by atoms with Gasteiger partial charge in [-0.05, 0) is 23.8 Å². The fourth-order valence-electron chi connectivity index (χ4n) is 4.43. The third-order valence-corrected chi connectivity index (χ3v) is 5.92. The Morgan fingerprint density at radius 1 is 1.18 bits per heavy atom. The molecule has 1 atom stereocenters. The number of fused-ring (bicyclic) bond motifs is 3. The normalized spacial score (nSPS) is 22.5. The Labute approximate surface area is 166 Å². The van der Waals surface area contributed by atoms with Crippen molar-refractivity contribution in [2.45, 2.75) is 31.3 Å². The third-order valence-electron chi connectivity index (χ3n) is 5.92. The van der Waals surface area contributed by atoms with Crippen molar-refractivity contribution in [1.82, 2.24) is 5.32 Å². The van der Waals surface area contributed by atoms with Gasteiger partial charge in [-0.3, -0.25) is 4.79 Å². The first kappa shape index (κ1) is 18.4. The third kappa shape index (κ3) is 2.71. The van der Waals surface area contributed by atoms with E-state index in [9.17, 15) is 4.79 Å². The Bertz CT molecular complexity index is 947. The lowest BCUT2D eigenvalue weighted by Crippen LogP contribution is -2.68. The molecule has 0 aromatic heterocycles. The maximum atomic E-state index is 12.5. The van der Waals surface area contributed by atoms with Crippen molar-refractivity contribution in [2.24, 2.45) is 0 Å². The number of carbonyl (C=O) groups excluding carboxylic acids is 1. The fraction of sp³-hybridized carbons (Fsp3) is 0.292. The van der Waals surface area contributed by atoms with Crippen LogP contribution >= 0.6 is 0 Å². The molecule has 1 amide bonds. The lowest BCUT2D eigenvalue weighted by Gasteiger charge is -2.49. The Morgan fingerprint density at radius 2 is 1.93 bits per heavy atom. The van der Waals surface area contributed by atoms with Crippen molar-refractivity contribution in [2.75, 3.05) is 18.1 Å². The van der Waals surface area contributed by atoms with Gasteiger partial charge in [-0.15, -0.1) is 0 Å². The van der Waals surface area contributed by atoms with Gasteiger partial charge in [0.2, 0.25) is 5.91 Å². The number of hydrogen-bond acceptors (Lipinski definition) is 3. The molecule has 2 aliphatic rings. The molecule has 0 unspecified atom stereocenters. The highest BCUT2D eigenvalue weighted by Gasteiger charge is 2.57. The molecule has 0 saturated carbocycles. The summed E-state index contributed by atoms with van der Waals surface area (Å²) in [5, 5.41) is 3.31. The van der Waals surface area contributed by atoms with Crippen molar-refractivity contribution in [3.8, 4) is 5.75 Å². The minimum Gasteiger partial charge on any atom is -0.489 e. The van der Waals surface area contributed by atoms with Gasteiger partial charge in [0.15, 0.2) is 0 Å². The molecular formula is C24H26N2O2. The van der Waals surface area contributed by atoms with Gasteiger partial charge in [0, 0.05) is 29.6 Å². The number of ether oxygens (including phenoxy) is 1. The number of nitrogens with one attached hydrogen (secondary N) is 1. The highest BCUT2D eigenvalue weighted by atomic mass is 16.5. The van der Waals surface area contributed by atoms with E-state index < -0.39 is 5.66 Å². The van der Waals surface area contributed by atoms with E-state index in [0.29, 0.717) is 19.6 Å². The van der Waals surface area contributed by atoms with Crippen LogP contribution in [0, 0.1) is 0 Å². The van der Waals surface area contributed by atoms with Gasteiger partial charge in [-0.1, -0.05) is 69.0 Å². The van der Waals surface area contributed by atoms with E-state index in [2.05, 4.69) is 67.1 Å². The SMILES string of the molecule is C=CCOc1ccccc1C=C[C@]12NC(=O)CCN1c1ccccc1C2(C)C.